The average Bonchev–Trinajstić information content (AvgIpc) is 2.67. The predicted octanol–water partition coefficient (Wildman–Crippen LogP) is 2.89. The fourth-order valence-corrected chi connectivity index (χ4v) is 0. The molecule has 52 heavy (non-hydrogen) atoms. The molecule has 312 valence electrons. The van der Waals surface area contributed by atoms with Crippen molar-refractivity contribution < 1.29 is 195 Å². The van der Waals surface area contributed by atoms with Gasteiger partial charge in [0.25, 0.3) is 0 Å². The van der Waals surface area contributed by atoms with E-state index < -0.39 is 80.0 Å². The van der Waals surface area contributed by atoms with E-state index in [9.17, 15) is 0 Å². The molecule has 0 rings (SSSR count). The van der Waals surface area contributed by atoms with Crippen LogP contribution in [-0.2, 0) is 0 Å². The second-order valence-electron chi connectivity index (χ2n) is 3.67. The topological polar surface area (TPSA) is 748 Å². The van der Waals surface area contributed by atoms with Gasteiger partial charge in [-0.15, -0.1) is 0 Å². The van der Waals surface area contributed by atoms with Crippen molar-refractivity contribution in [2.24, 2.45) is 0 Å². The lowest BCUT2D eigenvalue weighted by atomic mass is 11.5. The molecule has 0 aliphatic rings. The summed E-state index contributed by atoms with van der Waals surface area (Å²) in [5.74, 6) is 0. The van der Waals surface area contributed by atoms with Crippen LogP contribution in [-0.4, -0.2) is 213 Å². The molecule has 0 saturated heterocycles. The standard InChI is InChI=1S/13CH2O3/c13*2-1(3)4/h13*(H2,2,3,4). The highest BCUT2D eigenvalue weighted by atomic mass is 16.6. The normalized spacial score (nSPS) is 6.00. The first-order chi connectivity index (χ1) is 22.5. The van der Waals surface area contributed by atoms with E-state index in [0.29, 0.717) is 0 Å². The zero-order valence-electron chi connectivity index (χ0n) is 23.4. The molecule has 0 aromatic rings. The molecule has 0 fully saturated rings. The number of hydrogen-bond acceptors (Lipinski definition) is 13. The minimum absolute atomic E-state index is 1.83. The summed E-state index contributed by atoms with van der Waals surface area (Å²) in [6.45, 7) is 0. The second-order valence-corrected chi connectivity index (χ2v) is 3.67. The van der Waals surface area contributed by atoms with E-state index in [1.807, 2.05) is 0 Å². The Morgan fingerprint density at radius 1 is 0.115 bits per heavy atom. The van der Waals surface area contributed by atoms with E-state index >= 15 is 0 Å². The fourth-order valence-electron chi connectivity index (χ4n) is 0. The SMILES string of the molecule is O=C(O)O.O=C(O)O.O=C(O)O.O=C(O)O.O=C(O)O.O=C(O)O.O=C(O)O.O=C(O)O.O=C(O)O.O=C(O)O.O=C(O)O.O=C(O)O.O=C(O)O. The van der Waals surface area contributed by atoms with Gasteiger partial charge in [0.05, 0.1) is 0 Å². The largest absolute Gasteiger partial charge is 0.503 e. The minimum atomic E-state index is -1.83. The Hall–Kier alpha value is -9.49. The van der Waals surface area contributed by atoms with Gasteiger partial charge in [-0.1, -0.05) is 0 Å². The van der Waals surface area contributed by atoms with Crippen LogP contribution < -0.4 is 0 Å². The molecule has 0 bridgehead atoms. The van der Waals surface area contributed by atoms with Crippen LogP contribution in [0.1, 0.15) is 0 Å². The summed E-state index contributed by atoms with van der Waals surface area (Å²) in [6, 6.07) is 0. The van der Waals surface area contributed by atoms with Crippen molar-refractivity contribution in [1.29, 1.82) is 0 Å². The Bertz CT molecular complexity index is 630. The van der Waals surface area contributed by atoms with Crippen LogP contribution >= 0.6 is 0 Å². The molecule has 26 N–H and O–H groups in total. The summed E-state index contributed by atoms with van der Waals surface area (Å²) in [5.41, 5.74) is 0. The molecule has 0 radical (unpaired) electrons. The van der Waals surface area contributed by atoms with E-state index in [2.05, 4.69) is 0 Å². The summed E-state index contributed by atoms with van der Waals surface area (Å²) in [7, 11) is 0. The summed E-state index contributed by atoms with van der Waals surface area (Å²) in [6.07, 6.45) is -23.8. The Kier molecular flexibility index (Phi) is 127. The number of carbonyl (C=O) groups is 13. The van der Waals surface area contributed by atoms with Gasteiger partial charge in [0.15, 0.2) is 0 Å². The molecule has 0 saturated carbocycles. The van der Waals surface area contributed by atoms with E-state index in [0.717, 1.165) is 0 Å². The molecular weight excluding hydrogens is 780 g/mol. The Morgan fingerprint density at radius 3 is 0.115 bits per heavy atom. The Balaban J connectivity index is -0.0000000288. The predicted molar refractivity (Wildman–Crippen MR) is 138 cm³/mol. The van der Waals surface area contributed by atoms with Gasteiger partial charge in [-0.2, -0.15) is 0 Å². The van der Waals surface area contributed by atoms with Crippen LogP contribution in [0, 0.1) is 0 Å². The smallest absolute Gasteiger partial charge is 0.450 e. The first-order valence-corrected chi connectivity index (χ1v) is 8.47. The van der Waals surface area contributed by atoms with Crippen LogP contribution in [0.4, 0.5) is 62.3 Å². The van der Waals surface area contributed by atoms with Crippen molar-refractivity contribution in [2.45, 2.75) is 0 Å². The average molecular weight is 806 g/mol. The van der Waals surface area contributed by atoms with E-state index in [1.165, 1.54) is 0 Å². The zero-order chi connectivity index (χ0) is 46.5. The second kappa shape index (κ2) is 78.2. The summed E-state index contributed by atoms with van der Waals surface area (Å²) >= 11 is 0. The van der Waals surface area contributed by atoms with Crippen molar-refractivity contribution in [2.75, 3.05) is 0 Å². The van der Waals surface area contributed by atoms with Gasteiger partial charge >= 0.3 is 80.0 Å². The molecule has 0 unspecified atom stereocenters. The first-order valence-electron chi connectivity index (χ1n) is 8.47. The van der Waals surface area contributed by atoms with Crippen LogP contribution in [0.15, 0.2) is 0 Å². The molecule has 0 heterocycles. The van der Waals surface area contributed by atoms with E-state index in [4.69, 9.17) is 195 Å². The first kappa shape index (κ1) is 84.1. The quantitative estimate of drug-likeness (QED) is 0.167. The number of rotatable bonds is 0. The van der Waals surface area contributed by atoms with Gasteiger partial charge in [0.2, 0.25) is 0 Å². The third-order valence-corrected chi connectivity index (χ3v) is 0. The lowest BCUT2D eigenvalue weighted by Crippen LogP contribution is -1.81. The molecule has 0 aliphatic heterocycles. The maximum absolute atomic E-state index is 8.56. The molecule has 0 aromatic heterocycles. The van der Waals surface area contributed by atoms with Gasteiger partial charge in [-0.05, 0) is 0 Å². The fraction of sp³-hybridized carbons (Fsp3) is 0. The summed E-state index contributed by atoms with van der Waals surface area (Å²) < 4.78 is 0. The van der Waals surface area contributed by atoms with Crippen molar-refractivity contribution >= 4 is 80.0 Å². The highest BCUT2D eigenvalue weighted by Gasteiger charge is 1.74. The van der Waals surface area contributed by atoms with E-state index in [1.54, 1.807) is 0 Å². The maximum atomic E-state index is 8.56. The number of carboxylic acid groups (broad SMARTS) is 26. The summed E-state index contributed by atoms with van der Waals surface area (Å²) in [4.78, 5) is 111. The minimum Gasteiger partial charge on any atom is -0.450 e. The molecule has 0 aliphatic carbocycles. The molecular formula is C13H26O39. The van der Waals surface area contributed by atoms with Gasteiger partial charge in [-0.25, -0.2) is 62.3 Å². The lowest BCUT2D eigenvalue weighted by molar-refractivity contribution is 0.135. The third kappa shape index (κ3) is 702. The molecule has 0 spiro atoms. The van der Waals surface area contributed by atoms with Gasteiger partial charge in [0, 0.05) is 0 Å². The van der Waals surface area contributed by atoms with Crippen LogP contribution in [0.25, 0.3) is 0 Å². The molecule has 0 amide bonds. The third-order valence-electron chi connectivity index (χ3n) is 0. The van der Waals surface area contributed by atoms with E-state index in [-0.39, 0.29) is 0 Å². The summed E-state index contributed by atoms with van der Waals surface area (Å²) in [5, 5.41) is 181. The van der Waals surface area contributed by atoms with Crippen molar-refractivity contribution in [3.8, 4) is 0 Å². The van der Waals surface area contributed by atoms with Crippen molar-refractivity contribution in [1.82, 2.24) is 0 Å². The molecule has 0 aromatic carbocycles. The highest BCUT2D eigenvalue weighted by Crippen LogP contribution is 1.47. The lowest BCUT2D eigenvalue weighted by Gasteiger charge is -1.60. The number of hydrogen-bond donors (Lipinski definition) is 26. The Labute approximate surface area is 276 Å². The van der Waals surface area contributed by atoms with Crippen molar-refractivity contribution in [3.63, 3.8) is 0 Å². The van der Waals surface area contributed by atoms with Gasteiger partial charge in [0.1, 0.15) is 0 Å². The Morgan fingerprint density at radius 2 is 0.115 bits per heavy atom. The van der Waals surface area contributed by atoms with Crippen LogP contribution in [0.5, 0.6) is 0 Å². The van der Waals surface area contributed by atoms with Crippen LogP contribution in [0.2, 0.25) is 0 Å². The highest BCUT2D eigenvalue weighted by molar-refractivity contribution is 5.56. The monoisotopic (exact) mass is 806 g/mol. The van der Waals surface area contributed by atoms with Crippen LogP contribution in [0.3, 0.4) is 0 Å². The van der Waals surface area contributed by atoms with Gasteiger partial charge < -0.3 is 133 Å². The maximum Gasteiger partial charge on any atom is 0.503 e. The van der Waals surface area contributed by atoms with Crippen molar-refractivity contribution in [3.05, 3.63) is 0 Å². The zero-order valence-corrected chi connectivity index (χ0v) is 23.4. The molecule has 39 nitrogen and oxygen atoms in total. The molecule has 0 atom stereocenters. The molecule has 39 heteroatoms. The van der Waals surface area contributed by atoms with Gasteiger partial charge in [-0.3, -0.25) is 0 Å².